The van der Waals surface area contributed by atoms with Crippen molar-refractivity contribution in [1.82, 2.24) is 4.90 Å². The van der Waals surface area contributed by atoms with Crippen LogP contribution in [0.15, 0.2) is 18.2 Å². The third-order valence-corrected chi connectivity index (χ3v) is 2.89. The molecule has 76 valence electrons. The van der Waals surface area contributed by atoms with Crippen LogP contribution in [-0.4, -0.2) is 24.1 Å². The standard InChI is InChI=1S/C9H10Cl2N2S/c1-13(2)9(14)12-7-5-3-4-6(10)8(7)11/h3-5H,1-2H3,(H,12,14). The molecule has 0 spiro atoms. The Morgan fingerprint density at radius 1 is 1.36 bits per heavy atom. The number of hydrogen-bond donors (Lipinski definition) is 1. The van der Waals surface area contributed by atoms with Crippen LogP contribution in [0.25, 0.3) is 0 Å². The fourth-order valence-electron chi connectivity index (χ4n) is 0.827. The Labute approximate surface area is 98.8 Å². The highest BCUT2D eigenvalue weighted by Crippen LogP contribution is 2.29. The predicted octanol–water partition coefficient (Wildman–Crippen LogP) is 3.25. The lowest BCUT2D eigenvalue weighted by Gasteiger charge is -2.16. The Hall–Kier alpha value is -0.510. The zero-order valence-corrected chi connectivity index (χ0v) is 10.2. The highest BCUT2D eigenvalue weighted by molar-refractivity contribution is 7.80. The fourth-order valence-corrected chi connectivity index (χ4v) is 1.29. The van der Waals surface area contributed by atoms with Crippen LogP contribution in [0.5, 0.6) is 0 Å². The molecule has 0 radical (unpaired) electrons. The van der Waals surface area contributed by atoms with Gasteiger partial charge in [0, 0.05) is 14.1 Å². The Bertz CT molecular complexity index is 353. The van der Waals surface area contributed by atoms with Crippen molar-refractivity contribution in [2.24, 2.45) is 0 Å². The van der Waals surface area contributed by atoms with Crippen molar-refractivity contribution in [2.45, 2.75) is 0 Å². The molecule has 0 saturated heterocycles. The maximum absolute atomic E-state index is 5.97. The fraction of sp³-hybridized carbons (Fsp3) is 0.222. The van der Waals surface area contributed by atoms with Gasteiger partial charge in [-0.15, -0.1) is 0 Å². The summed E-state index contributed by atoms with van der Waals surface area (Å²) in [6, 6.07) is 5.37. The third kappa shape index (κ3) is 2.74. The minimum Gasteiger partial charge on any atom is -0.355 e. The molecule has 0 heterocycles. The van der Waals surface area contributed by atoms with E-state index >= 15 is 0 Å². The van der Waals surface area contributed by atoms with Crippen LogP contribution in [-0.2, 0) is 0 Å². The lowest BCUT2D eigenvalue weighted by atomic mass is 10.3. The van der Waals surface area contributed by atoms with E-state index in [1.807, 2.05) is 26.2 Å². The van der Waals surface area contributed by atoms with Crippen molar-refractivity contribution >= 4 is 46.2 Å². The molecular weight excluding hydrogens is 239 g/mol. The maximum atomic E-state index is 5.97. The highest BCUT2D eigenvalue weighted by Gasteiger charge is 2.06. The van der Waals surface area contributed by atoms with E-state index in [2.05, 4.69) is 5.32 Å². The van der Waals surface area contributed by atoms with Crippen LogP contribution < -0.4 is 5.32 Å². The van der Waals surface area contributed by atoms with Crippen LogP contribution in [0.2, 0.25) is 10.0 Å². The van der Waals surface area contributed by atoms with Crippen molar-refractivity contribution in [1.29, 1.82) is 0 Å². The zero-order chi connectivity index (χ0) is 10.7. The Morgan fingerprint density at radius 2 is 2.00 bits per heavy atom. The minimum atomic E-state index is 0.485. The summed E-state index contributed by atoms with van der Waals surface area (Å²) in [5, 5.41) is 4.58. The molecule has 1 rings (SSSR count). The molecular formula is C9H10Cl2N2S. The predicted molar refractivity (Wildman–Crippen MR) is 66.4 cm³/mol. The van der Waals surface area contributed by atoms with Crippen LogP contribution in [0.3, 0.4) is 0 Å². The summed E-state index contributed by atoms with van der Waals surface area (Å²) in [6.45, 7) is 0. The van der Waals surface area contributed by atoms with Gasteiger partial charge in [-0.1, -0.05) is 29.3 Å². The van der Waals surface area contributed by atoms with Crippen molar-refractivity contribution in [3.05, 3.63) is 28.2 Å². The second kappa shape index (κ2) is 4.82. The van der Waals surface area contributed by atoms with E-state index in [1.54, 1.807) is 11.0 Å². The van der Waals surface area contributed by atoms with E-state index in [9.17, 15) is 0 Å². The summed E-state index contributed by atoms with van der Waals surface area (Å²) in [6.07, 6.45) is 0. The lowest BCUT2D eigenvalue weighted by molar-refractivity contribution is 0.634. The molecule has 0 saturated carbocycles. The molecule has 14 heavy (non-hydrogen) atoms. The molecule has 0 fully saturated rings. The molecule has 0 aliphatic heterocycles. The van der Waals surface area contributed by atoms with Crippen molar-refractivity contribution in [3.63, 3.8) is 0 Å². The average molecular weight is 249 g/mol. The maximum Gasteiger partial charge on any atom is 0.172 e. The van der Waals surface area contributed by atoms with Gasteiger partial charge in [-0.25, -0.2) is 0 Å². The lowest BCUT2D eigenvalue weighted by Crippen LogP contribution is -2.27. The van der Waals surface area contributed by atoms with Crippen molar-refractivity contribution in [2.75, 3.05) is 19.4 Å². The van der Waals surface area contributed by atoms with Gasteiger partial charge in [-0.2, -0.15) is 0 Å². The molecule has 0 aromatic heterocycles. The van der Waals surface area contributed by atoms with E-state index in [1.165, 1.54) is 0 Å². The van der Waals surface area contributed by atoms with Crippen LogP contribution >= 0.6 is 35.4 Å². The minimum absolute atomic E-state index is 0.485. The quantitative estimate of drug-likeness (QED) is 0.769. The molecule has 0 aliphatic rings. The summed E-state index contributed by atoms with van der Waals surface area (Å²) < 4.78 is 0. The smallest absolute Gasteiger partial charge is 0.172 e. The van der Waals surface area contributed by atoms with Crippen LogP contribution in [0.1, 0.15) is 0 Å². The van der Waals surface area contributed by atoms with Gasteiger partial charge in [0.05, 0.1) is 15.7 Å². The monoisotopic (exact) mass is 248 g/mol. The summed E-state index contributed by atoms with van der Waals surface area (Å²) in [4.78, 5) is 1.78. The molecule has 0 bridgehead atoms. The molecule has 1 aromatic rings. The van der Waals surface area contributed by atoms with E-state index in [4.69, 9.17) is 35.4 Å². The zero-order valence-electron chi connectivity index (χ0n) is 7.84. The molecule has 2 nitrogen and oxygen atoms in total. The Balaban J connectivity index is 2.87. The van der Waals surface area contributed by atoms with E-state index < -0.39 is 0 Å². The van der Waals surface area contributed by atoms with Gasteiger partial charge in [0.2, 0.25) is 0 Å². The Morgan fingerprint density at radius 3 is 2.57 bits per heavy atom. The van der Waals surface area contributed by atoms with Gasteiger partial charge in [0.25, 0.3) is 0 Å². The Kier molecular flexibility index (Phi) is 3.98. The summed E-state index contributed by atoms with van der Waals surface area (Å²) in [5.41, 5.74) is 0.720. The SMILES string of the molecule is CN(C)C(=S)Nc1cccc(Cl)c1Cl. The van der Waals surface area contributed by atoms with E-state index in [0.717, 1.165) is 5.69 Å². The van der Waals surface area contributed by atoms with Crippen LogP contribution in [0.4, 0.5) is 5.69 Å². The topological polar surface area (TPSA) is 15.3 Å². The number of benzene rings is 1. The number of nitrogens with zero attached hydrogens (tertiary/aromatic N) is 1. The number of hydrogen-bond acceptors (Lipinski definition) is 1. The molecule has 1 aromatic carbocycles. The second-order valence-corrected chi connectivity index (χ2v) is 4.10. The van der Waals surface area contributed by atoms with Gasteiger partial charge in [-0.05, 0) is 24.4 Å². The molecule has 1 N–H and O–H groups in total. The first-order chi connectivity index (χ1) is 6.52. The number of rotatable bonds is 1. The molecule has 0 unspecified atom stereocenters. The number of anilines is 1. The second-order valence-electron chi connectivity index (χ2n) is 2.93. The van der Waals surface area contributed by atoms with Crippen molar-refractivity contribution < 1.29 is 0 Å². The first-order valence-corrected chi connectivity index (χ1v) is 5.11. The molecule has 0 aliphatic carbocycles. The van der Waals surface area contributed by atoms with Gasteiger partial charge < -0.3 is 10.2 Å². The van der Waals surface area contributed by atoms with Gasteiger partial charge >= 0.3 is 0 Å². The first kappa shape index (κ1) is 11.6. The number of halogens is 2. The normalized spacial score (nSPS) is 9.71. The highest BCUT2D eigenvalue weighted by atomic mass is 35.5. The largest absolute Gasteiger partial charge is 0.355 e. The van der Waals surface area contributed by atoms with Gasteiger partial charge in [0.15, 0.2) is 5.11 Å². The number of nitrogens with one attached hydrogen (secondary N) is 1. The summed E-state index contributed by atoms with van der Waals surface area (Å²) in [5.74, 6) is 0. The van der Waals surface area contributed by atoms with E-state index in [-0.39, 0.29) is 0 Å². The van der Waals surface area contributed by atoms with Gasteiger partial charge in [0.1, 0.15) is 0 Å². The van der Waals surface area contributed by atoms with Gasteiger partial charge in [-0.3, -0.25) is 0 Å². The average Bonchev–Trinajstić information content (AvgIpc) is 2.12. The molecule has 0 amide bonds. The van der Waals surface area contributed by atoms with Crippen LogP contribution in [0, 0.1) is 0 Å². The molecule has 0 atom stereocenters. The van der Waals surface area contributed by atoms with Crippen molar-refractivity contribution in [3.8, 4) is 0 Å². The third-order valence-electron chi connectivity index (χ3n) is 1.60. The summed E-state index contributed by atoms with van der Waals surface area (Å²) in [7, 11) is 3.71. The summed E-state index contributed by atoms with van der Waals surface area (Å²) >= 11 is 16.9. The van der Waals surface area contributed by atoms with E-state index in [0.29, 0.717) is 15.2 Å². The first-order valence-electron chi connectivity index (χ1n) is 3.94. The molecule has 5 heteroatoms. The number of thiocarbonyl (C=S) groups is 1.